The Bertz CT molecular complexity index is 442. The molecule has 0 aromatic heterocycles. The van der Waals surface area contributed by atoms with Crippen molar-refractivity contribution in [2.75, 3.05) is 19.7 Å². The molecule has 0 aliphatic rings. The second-order valence-corrected chi connectivity index (χ2v) is 4.99. The fraction of sp³-hybridized carbons (Fsp3) is 0.692. The quantitative estimate of drug-likeness (QED) is 0.250. The van der Waals surface area contributed by atoms with E-state index in [1.165, 1.54) is 0 Å². The van der Waals surface area contributed by atoms with E-state index in [4.69, 9.17) is 15.9 Å². The van der Waals surface area contributed by atoms with Crippen LogP contribution in [0, 0.1) is 5.92 Å². The van der Waals surface area contributed by atoms with Crippen molar-refractivity contribution < 1.29 is 29.4 Å². The van der Waals surface area contributed by atoms with Crippen LogP contribution in [0.15, 0.2) is 0 Å². The topological polar surface area (TPSA) is 171 Å². The lowest BCUT2D eigenvalue weighted by Crippen LogP contribution is -2.54. The molecule has 3 atom stereocenters. The van der Waals surface area contributed by atoms with E-state index in [-0.39, 0.29) is 12.5 Å². The van der Waals surface area contributed by atoms with Gasteiger partial charge >= 0.3 is 5.97 Å². The first-order valence-electron chi connectivity index (χ1n) is 7.16. The molecular formula is C13H24N4O6. The third kappa shape index (κ3) is 7.56. The molecule has 0 aliphatic carbocycles. The average Bonchev–Trinajstić information content (AvgIpc) is 2.53. The minimum atomic E-state index is -1.44. The summed E-state index contributed by atoms with van der Waals surface area (Å²) in [5.41, 5.74) is 5.20. The van der Waals surface area contributed by atoms with Crippen molar-refractivity contribution >= 4 is 23.7 Å². The number of carboxylic acid groups (broad SMARTS) is 1. The highest BCUT2D eigenvalue weighted by molar-refractivity contribution is 5.92. The Morgan fingerprint density at radius 1 is 1.13 bits per heavy atom. The first-order valence-corrected chi connectivity index (χ1v) is 7.16. The largest absolute Gasteiger partial charge is 0.480 e. The Morgan fingerprint density at radius 2 is 1.74 bits per heavy atom. The van der Waals surface area contributed by atoms with Crippen LogP contribution in [0.25, 0.3) is 0 Å². The van der Waals surface area contributed by atoms with Gasteiger partial charge in [0.1, 0.15) is 12.1 Å². The van der Waals surface area contributed by atoms with E-state index in [1.54, 1.807) is 6.92 Å². The number of nitrogens with two attached hydrogens (primary N) is 1. The molecule has 7 N–H and O–H groups in total. The van der Waals surface area contributed by atoms with Crippen LogP contribution in [0.2, 0.25) is 0 Å². The normalized spacial score (nSPS) is 14.3. The molecule has 0 radical (unpaired) electrons. The lowest BCUT2D eigenvalue weighted by molar-refractivity contribution is -0.142. The van der Waals surface area contributed by atoms with E-state index in [0.29, 0.717) is 6.42 Å². The molecule has 0 aromatic carbocycles. The Labute approximate surface area is 133 Å². The molecule has 0 saturated carbocycles. The molecule has 10 nitrogen and oxygen atoms in total. The van der Waals surface area contributed by atoms with Gasteiger partial charge in [0.25, 0.3) is 0 Å². The van der Waals surface area contributed by atoms with Crippen LogP contribution in [-0.4, -0.2) is 65.7 Å². The maximum Gasteiger partial charge on any atom is 0.328 e. The smallest absolute Gasteiger partial charge is 0.328 e. The van der Waals surface area contributed by atoms with Crippen molar-refractivity contribution in [3.05, 3.63) is 0 Å². The number of rotatable bonds is 10. The second-order valence-electron chi connectivity index (χ2n) is 4.99. The van der Waals surface area contributed by atoms with Gasteiger partial charge < -0.3 is 31.9 Å². The van der Waals surface area contributed by atoms with Crippen LogP contribution < -0.4 is 21.7 Å². The number of hydrogen-bond donors (Lipinski definition) is 6. The minimum Gasteiger partial charge on any atom is -0.480 e. The van der Waals surface area contributed by atoms with Gasteiger partial charge in [-0.25, -0.2) is 4.79 Å². The van der Waals surface area contributed by atoms with Gasteiger partial charge in [0, 0.05) is 0 Å². The zero-order valence-electron chi connectivity index (χ0n) is 13.2. The fourth-order valence-corrected chi connectivity index (χ4v) is 1.64. The highest BCUT2D eigenvalue weighted by Gasteiger charge is 2.26. The fourth-order valence-electron chi connectivity index (χ4n) is 1.64. The lowest BCUT2D eigenvalue weighted by atomic mass is 9.98. The number of carboxylic acids is 1. The molecule has 0 spiro atoms. The molecule has 0 bridgehead atoms. The van der Waals surface area contributed by atoms with Crippen LogP contribution in [-0.2, 0) is 19.2 Å². The van der Waals surface area contributed by atoms with Crippen LogP contribution in [0.4, 0.5) is 0 Å². The summed E-state index contributed by atoms with van der Waals surface area (Å²) < 4.78 is 0. The van der Waals surface area contributed by atoms with E-state index in [0.717, 1.165) is 0 Å². The van der Waals surface area contributed by atoms with Gasteiger partial charge in [-0.2, -0.15) is 0 Å². The van der Waals surface area contributed by atoms with Gasteiger partial charge in [-0.3, -0.25) is 14.4 Å². The second kappa shape index (κ2) is 10.5. The van der Waals surface area contributed by atoms with E-state index in [9.17, 15) is 19.2 Å². The van der Waals surface area contributed by atoms with Crippen molar-refractivity contribution in [1.29, 1.82) is 0 Å². The summed E-state index contributed by atoms with van der Waals surface area (Å²) in [6, 6.07) is -2.29. The number of amides is 3. The number of aliphatic hydroxyl groups is 1. The third-order valence-electron chi connectivity index (χ3n) is 3.24. The molecule has 10 heteroatoms. The highest BCUT2D eigenvalue weighted by Crippen LogP contribution is 2.07. The molecule has 3 amide bonds. The molecule has 0 aromatic rings. The molecule has 23 heavy (non-hydrogen) atoms. The summed E-state index contributed by atoms with van der Waals surface area (Å²) >= 11 is 0. The lowest BCUT2D eigenvalue weighted by Gasteiger charge is -2.23. The van der Waals surface area contributed by atoms with Gasteiger partial charge in [0.05, 0.1) is 19.7 Å². The van der Waals surface area contributed by atoms with Crippen molar-refractivity contribution in [3.8, 4) is 0 Å². The van der Waals surface area contributed by atoms with Crippen LogP contribution in [0.1, 0.15) is 20.3 Å². The zero-order valence-corrected chi connectivity index (χ0v) is 13.2. The maximum absolute atomic E-state index is 12.1. The van der Waals surface area contributed by atoms with Crippen LogP contribution in [0.3, 0.4) is 0 Å². The monoisotopic (exact) mass is 332 g/mol. The van der Waals surface area contributed by atoms with E-state index in [2.05, 4.69) is 10.6 Å². The van der Waals surface area contributed by atoms with Crippen LogP contribution in [0.5, 0.6) is 0 Å². The van der Waals surface area contributed by atoms with Crippen molar-refractivity contribution in [2.45, 2.75) is 32.4 Å². The molecule has 0 saturated heterocycles. The minimum absolute atomic E-state index is 0.183. The van der Waals surface area contributed by atoms with Crippen LogP contribution >= 0.6 is 0 Å². The van der Waals surface area contributed by atoms with Gasteiger partial charge in [-0.05, 0) is 5.92 Å². The van der Waals surface area contributed by atoms with Gasteiger partial charge in [0.2, 0.25) is 17.7 Å². The number of hydrogen-bond acceptors (Lipinski definition) is 6. The summed E-state index contributed by atoms with van der Waals surface area (Å²) in [6.07, 6.45) is 0.612. The number of carbonyl (C=O) groups is 4. The van der Waals surface area contributed by atoms with Gasteiger partial charge in [-0.1, -0.05) is 20.3 Å². The molecule has 3 unspecified atom stereocenters. The van der Waals surface area contributed by atoms with Crippen molar-refractivity contribution in [1.82, 2.24) is 16.0 Å². The van der Waals surface area contributed by atoms with E-state index < -0.39 is 48.9 Å². The molecular weight excluding hydrogens is 308 g/mol. The summed E-state index contributed by atoms with van der Waals surface area (Å²) in [7, 11) is 0. The van der Waals surface area contributed by atoms with Gasteiger partial charge in [-0.15, -0.1) is 0 Å². The molecule has 0 rings (SSSR count). The standard InChI is InChI=1S/C13H24N4O6/c1-3-7(2)11(17-9(19)4-14)12(21)15-5-10(20)16-8(6-18)13(22)23/h7-8,11,18H,3-6,14H2,1-2H3,(H,15,21)(H,16,20)(H,17,19)(H,22,23). The first kappa shape index (κ1) is 20.8. The van der Waals surface area contributed by atoms with E-state index in [1.807, 2.05) is 12.2 Å². The van der Waals surface area contributed by atoms with E-state index >= 15 is 0 Å². The number of aliphatic hydroxyl groups excluding tert-OH is 1. The predicted molar refractivity (Wildman–Crippen MR) is 80.1 cm³/mol. The third-order valence-corrected chi connectivity index (χ3v) is 3.24. The summed E-state index contributed by atoms with van der Waals surface area (Å²) in [6.45, 7) is 2.08. The summed E-state index contributed by atoms with van der Waals surface area (Å²) in [5, 5.41) is 24.3. The Hall–Kier alpha value is -2.20. The highest BCUT2D eigenvalue weighted by atomic mass is 16.4. The average molecular weight is 332 g/mol. The molecule has 0 aliphatic heterocycles. The summed E-state index contributed by atoms with van der Waals surface area (Å²) in [5.74, 6) is -3.42. The number of nitrogens with one attached hydrogen (secondary N) is 3. The molecule has 0 heterocycles. The number of aliphatic carboxylic acids is 1. The number of carbonyl (C=O) groups excluding carboxylic acids is 3. The first-order chi connectivity index (χ1) is 10.8. The maximum atomic E-state index is 12.1. The SMILES string of the molecule is CCC(C)C(NC(=O)CN)C(=O)NCC(=O)NC(CO)C(=O)O. The predicted octanol–water partition coefficient (Wildman–Crippen LogP) is -2.85. The zero-order chi connectivity index (χ0) is 18.0. The van der Waals surface area contributed by atoms with Crippen molar-refractivity contribution in [2.24, 2.45) is 11.7 Å². The molecule has 0 fully saturated rings. The van der Waals surface area contributed by atoms with Crippen molar-refractivity contribution in [3.63, 3.8) is 0 Å². The Balaban J connectivity index is 4.59. The Morgan fingerprint density at radius 3 is 2.17 bits per heavy atom. The summed E-state index contributed by atoms with van der Waals surface area (Å²) in [4.78, 5) is 45.7. The van der Waals surface area contributed by atoms with Gasteiger partial charge in [0.15, 0.2) is 0 Å². The molecule has 132 valence electrons. The Kier molecular flexibility index (Phi) is 9.51.